The molecule has 8 heteroatoms. The van der Waals surface area contributed by atoms with Gasteiger partial charge in [0.25, 0.3) is 5.56 Å². The Kier molecular flexibility index (Phi) is 6.51. The lowest BCUT2D eigenvalue weighted by Crippen LogP contribution is -2.38. The van der Waals surface area contributed by atoms with Crippen LogP contribution in [0.15, 0.2) is 34.4 Å². The van der Waals surface area contributed by atoms with Crippen molar-refractivity contribution >= 4 is 33.2 Å². The topological polar surface area (TPSA) is 78.5 Å². The van der Waals surface area contributed by atoms with E-state index in [0.29, 0.717) is 35.4 Å². The van der Waals surface area contributed by atoms with Gasteiger partial charge in [0, 0.05) is 28.6 Å². The summed E-state index contributed by atoms with van der Waals surface area (Å²) in [5.41, 5.74) is 1.38. The average Bonchev–Trinajstić information content (AvgIpc) is 3.46. The number of aromatic amines is 1. The first kappa shape index (κ1) is 22.4. The van der Waals surface area contributed by atoms with Gasteiger partial charge >= 0.3 is 0 Å². The first-order valence-electron chi connectivity index (χ1n) is 10.5. The zero-order valence-electron chi connectivity index (χ0n) is 18.0. The fraction of sp³-hybridized carbons (Fsp3) is 0.478. The summed E-state index contributed by atoms with van der Waals surface area (Å²) in [6.45, 7) is 7.19. The summed E-state index contributed by atoms with van der Waals surface area (Å²) in [4.78, 5) is 23.5. The van der Waals surface area contributed by atoms with Crippen LogP contribution in [0, 0.1) is 0 Å². The number of aliphatic hydroxyl groups excluding tert-OH is 1. The molecule has 0 radical (unpaired) electrons. The smallest absolute Gasteiger partial charge is 0.260 e. The molecule has 2 N–H and O–H groups in total. The zero-order chi connectivity index (χ0) is 22.2. The number of hydrogen-bond acceptors (Lipinski definition) is 6. The van der Waals surface area contributed by atoms with E-state index >= 15 is 0 Å². The fourth-order valence-electron chi connectivity index (χ4n) is 3.55. The number of nitrogens with one attached hydrogen (secondary N) is 1. The molecule has 0 unspecified atom stereocenters. The number of thiophene rings is 1. The molecule has 4 rings (SSSR count). The maximum atomic E-state index is 12.9. The standard InChI is InChI=1S/C23H28ClN3O3S/c1-23(2,3)30-12-17(28)10-27(16-8-9-16)11-19-25-21(29)20-18(13-31-22(20)26-19)14-4-6-15(24)7-5-14/h4-7,13,16-17,28H,8-12H2,1-3H3,(H,25,26,29)/t17-/m1/s1. The Labute approximate surface area is 190 Å². The van der Waals surface area contributed by atoms with Crippen LogP contribution >= 0.6 is 22.9 Å². The molecule has 31 heavy (non-hydrogen) atoms. The number of nitrogens with zero attached hydrogens (tertiary/aromatic N) is 2. The molecule has 2 heterocycles. The number of benzene rings is 1. The van der Waals surface area contributed by atoms with Crippen molar-refractivity contribution in [1.29, 1.82) is 0 Å². The van der Waals surface area contributed by atoms with Crippen molar-refractivity contribution in [3.8, 4) is 11.1 Å². The van der Waals surface area contributed by atoms with Gasteiger partial charge < -0.3 is 14.8 Å². The van der Waals surface area contributed by atoms with Crippen LogP contribution in [0.3, 0.4) is 0 Å². The molecule has 0 amide bonds. The van der Waals surface area contributed by atoms with Crippen LogP contribution < -0.4 is 5.56 Å². The molecule has 6 nitrogen and oxygen atoms in total. The van der Waals surface area contributed by atoms with Gasteiger partial charge in [-0.2, -0.15) is 0 Å². The lowest BCUT2D eigenvalue weighted by atomic mass is 10.1. The molecule has 3 aromatic rings. The molecule has 0 aliphatic heterocycles. The van der Waals surface area contributed by atoms with E-state index < -0.39 is 6.10 Å². The Morgan fingerprint density at radius 3 is 2.68 bits per heavy atom. The summed E-state index contributed by atoms with van der Waals surface area (Å²) in [5.74, 6) is 0.623. The SMILES string of the molecule is CC(C)(C)OC[C@H](O)CN(Cc1nc2scc(-c3ccc(Cl)cc3)c2c(=O)[nH]1)C1CC1. The molecule has 2 aromatic heterocycles. The third-order valence-corrected chi connectivity index (χ3v) is 6.34. The van der Waals surface area contributed by atoms with Gasteiger partial charge in [-0.15, -0.1) is 11.3 Å². The number of aliphatic hydroxyl groups is 1. The highest BCUT2D eigenvalue weighted by Crippen LogP contribution is 2.32. The molecule has 1 aromatic carbocycles. The van der Waals surface area contributed by atoms with E-state index in [1.807, 2.05) is 50.4 Å². The molecule has 0 saturated heterocycles. The van der Waals surface area contributed by atoms with Crippen LogP contribution in [0.2, 0.25) is 5.02 Å². The van der Waals surface area contributed by atoms with Gasteiger partial charge in [-0.3, -0.25) is 9.69 Å². The first-order valence-corrected chi connectivity index (χ1v) is 11.8. The highest BCUT2D eigenvalue weighted by atomic mass is 35.5. The Morgan fingerprint density at radius 2 is 2.03 bits per heavy atom. The number of fused-ring (bicyclic) bond motifs is 1. The number of halogens is 1. The second kappa shape index (κ2) is 9.00. The third kappa shape index (κ3) is 5.73. The maximum absolute atomic E-state index is 12.9. The number of aromatic nitrogens is 2. The minimum atomic E-state index is -0.589. The number of rotatable bonds is 8. The molecular formula is C23H28ClN3O3S. The molecule has 1 saturated carbocycles. The van der Waals surface area contributed by atoms with Crippen molar-refractivity contribution in [3.05, 3.63) is 50.8 Å². The monoisotopic (exact) mass is 461 g/mol. The van der Waals surface area contributed by atoms with Crippen LogP contribution in [-0.4, -0.2) is 50.9 Å². The van der Waals surface area contributed by atoms with Gasteiger partial charge in [0.1, 0.15) is 10.7 Å². The Morgan fingerprint density at radius 1 is 1.32 bits per heavy atom. The van der Waals surface area contributed by atoms with E-state index in [2.05, 4.69) is 9.88 Å². The lowest BCUT2D eigenvalue weighted by Gasteiger charge is -2.27. The summed E-state index contributed by atoms with van der Waals surface area (Å²) in [5, 5.41) is 13.7. The zero-order valence-corrected chi connectivity index (χ0v) is 19.6. The molecule has 166 valence electrons. The third-order valence-electron chi connectivity index (χ3n) is 5.22. The number of H-pyrrole nitrogens is 1. The minimum Gasteiger partial charge on any atom is -0.389 e. The molecule has 1 aliphatic rings. The molecule has 0 bridgehead atoms. The van der Waals surface area contributed by atoms with E-state index in [1.165, 1.54) is 11.3 Å². The van der Waals surface area contributed by atoms with Crippen molar-refractivity contribution in [3.63, 3.8) is 0 Å². The Bertz CT molecular complexity index is 1100. The fourth-order valence-corrected chi connectivity index (χ4v) is 4.65. The first-order chi connectivity index (χ1) is 14.7. The number of ether oxygens (including phenoxy) is 1. The molecule has 1 fully saturated rings. The van der Waals surface area contributed by atoms with E-state index in [1.54, 1.807) is 0 Å². The normalized spacial score (nSPS) is 15.7. The van der Waals surface area contributed by atoms with E-state index in [4.69, 9.17) is 21.3 Å². The van der Waals surface area contributed by atoms with Crippen molar-refractivity contribution in [2.45, 2.75) is 57.9 Å². The second-order valence-corrected chi connectivity index (χ2v) is 10.4. The summed E-state index contributed by atoms with van der Waals surface area (Å²) < 4.78 is 5.71. The highest BCUT2D eigenvalue weighted by molar-refractivity contribution is 7.17. The lowest BCUT2D eigenvalue weighted by molar-refractivity contribution is -0.0574. The molecule has 1 aliphatic carbocycles. The van der Waals surface area contributed by atoms with Crippen molar-refractivity contribution in [2.75, 3.05) is 13.2 Å². The largest absolute Gasteiger partial charge is 0.389 e. The summed E-state index contributed by atoms with van der Waals surface area (Å²) in [7, 11) is 0. The van der Waals surface area contributed by atoms with Crippen LogP contribution in [-0.2, 0) is 11.3 Å². The predicted octanol–water partition coefficient (Wildman–Crippen LogP) is 4.45. The van der Waals surface area contributed by atoms with Crippen LogP contribution in [0.5, 0.6) is 0 Å². The minimum absolute atomic E-state index is 0.140. The van der Waals surface area contributed by atoms with Gasteiger partial charge in [-0.05, 0) is 51.3 Å². The maximum Gasteiger partial charge on any atom is 0.260 e. The van der Waals surface area contributed by atoms with Crippen molar-refractivity contribution in [1.82, 2.24) is 14.9 Å². The van der Waals surface area contributed by atoms with E-state index in [-0.39, 0.29) is 17.8 Å². The van der Waals surface area contributed by atoms with Crippen LogP contribution in [0.25, 0.3) is 21.3 Å². The quantitative estimate of drug-likeness (QED) is 0.518. The van der Waals surface area contributed by atoms with Gasteiger partial charge in [0.15, 0.2) is 0 Å². The Hall–Kier alpha value is -1.77. The number of hydrogen-bond donors (Lipinski definition) is 2. The predicted molar refractivity (Wildman–Crippen MR) is 126 cm³/mol. The summed E-state index contributed by atoms with van der Waals surface area (Å²) in [6, 6.07) is 7.87. The van der Waals surface area contributed by atoms with Crippen molar-refractivity contribution < 1.29 is 9.84 Å². The van der Waals surface area contributed by atoms with E-state index in [9.17, 15) is 9.90 Å². The van der Waals surface area contributed by atoms with Gasteiger partial charge in [0.2, 0.25) is 0 Å². The summed E-state index contributed by atoms with van der Waals surface area (Å²) in [6.07, 6.45) is 1.60. The Balaban J connectivity index is 1.52. The molecular weight excluding hydrogens is 434 g/mol. The molecule has 1 atom stereocenters. The van der Waals surface area contributed by atoms with Crippen molar-refractivity contribution in [2.24, 2.45) is 0 Å². The average molecular weight is 462 g/mol. The summed E-state index contributed by atoms with van der Waals surface area (Å²) >= 11 is 7.46. The van der Waals surface area contributed by atoms with Crippen LogP contribution in [0.4, 0.5) is 0 Å². The van der Waals surface area contributed by atoms with Crippen LogP contribution in [0.1, 0.15) is 39.4 Å². The highest BCUT2D eigenvalue weighted by Gasteiger charge is 2.31. The van der Waals surface area contributed by atoms with E-state index in [0.717, 1.165) is 28.8 Å². The van der Waals surface area contributed by atoms with Gasteiger partial charge in [0.05, 0.1) is 30.2 Å². The second-order valence-electron chi connectivity index (χ2n) is 9.09. The van der Waals surface area contributed by atoms with Gasteiger partial charge in [-0.25, -0.2) is 4.98 Å². The molecule has 0 spiro atoms. The van der Waals surface area contributed by atoms with Gasteiger partial charge in [-0.1, -0.05) is 23.7 Å².